The molecular weight excluding hydrogens is 280 g/mol. The van der Waals surface area contributed by atoms with Gasteiger partial charge in [-0.3, -0.25) is 4.70 Å². The topological polar surface area (TPSA) is 0 Å². The van der Waals surface area contributed by atoms with Crippen molar-refractivity contribution in [1.82, 2.24) is 0 Å². The van der Waals surface area contributed by atoms with E-state index < -0.39 is 0 Å². The SMILES string of the molecule is ClC(Cl)=C(Cl)C(Cl)=C(Cl)Cl.F. The molecule has 0 aliphatic rings. The summed E-state index contributed by atoms with van der Waals surface area (Å²) in [6.07, 6.45) is 0. The highest BCUT2D eigenvalue weighted by Gasteiger charge is 2.07. The Bertz CT molecular complexity index is 165. The van der Waals surface area contributed by atoms with Crippen LogP contribution in [0.1, 0.15) is 0 Å². The summed E-state index contributed by atoms with van der Waals surface area (Å²) in [6, 6.07) is 0. The molecule has 0 aromatic carbocycles. The Hall–Kier alpha value is 1.15. The minimum absolute atomic E-state index is 0. The zero-order valence-electron chi connectivity index (χ0n) is 4.68. The van der Waals surface area contributed by atoms with E-state index in [0.29, 0.717) is 0 Å². The van der Waals surface area contributed by atoms with E-state index in [2.05, 4.69) is 0 Å². The van der Waals surface area contributed by atoms with Crippen LogP contribution < -0.4 is 0 Å². The zero-order valence-corrected chi connectivity index (χ0v) is 9.21. The molecule has 0 fully saturated rings. The fraction of sp³-hybridized carbons (Fsp3) is 0. The molecule has 0 saturated heterocycles. The van der Waals surface area contributed by atoms with Crippen molar-refractivity contribution in [1.29, 1.82) is 0 Å². The Kier molecular flexibility index (Phi) is 8.85. The van der Waals surface area contributed by atoms with Crippen molar-refractivity contribution in [2.45, 2.75) is 0 Å². The molecule has 7 heteroatoms. The highest BCUT2D eigenvalue weighted by atomic mass is 35.5. The van der Waals surface area contributed by atoms with Crippen LogP contribution in [0.2, 0.25) is 0 Å². The van der Waals surface area contributed by atoms with Crippen molar-refractivity contribution in [3.63, 3.8) is 0 Å². The van der Waals surface area contributed by atoms with Gasteiger partial charge in [0, 0.05) is 0 Å². The van der Waals surface area contributed by atoms with E-state index in [1.807, 2.05) is 0 Å². The van der Waals surface area contributed by atoms with E-state index in [1.54, 1.807) is 0 Å². The molecule has 0 saturated carbocycles. The van der Waals surface area contributed by atoms with Crippen LogP contribution in [-0.4, -0.2) is 0 Å². The summed E-state index contributed by atoms with van der Waals surface area (Å²) < 4.78 is -0.351. The number of allylic oxidation sites excluding steroid dienone is 2. The highest BCUT2D eigenvalue weighted by Crippen LogP contribution is 2.32. The molecule has 0 aromatic rings. The van der Waals surface area contributed by atoms with Crippen LogP contribution in [0.4, 0.5) is 4.70 Å². The third-order valence-electron chi connectivity index (χ3n) is 0.525. The second-order valence-corrected chi connectivity index (χ2v) is 3.80. The Balaban J connectivity index is 0. The average Bonchev–Trinajstić information content (AvgIpc) is 1.84. The van der Waals surface area contributed by atoms with Gasteiger partial charge in [0.1, 0.15) is 8.98 Å². The van der Waals surface area contributed by atoms with Crippen LogP contribution in [0.25, 0.3) is 0 Å². The van der Waals surface area contributed by atoms with E-state index in [-0.39, 0.29) is 23.8 Å². The van der Waals surface area contributed by atoms with E-state index in [1.165, 1.54) is 0 Å². The molecule has 0 atom stereocenters. The maximum Gasteiger partial charge on any atom is 0.127 e. The molecule has 0 aliphatic carbocycles. The van der Waals surface area contributed by atoms with Gasteiger partial charge in [0.25, 0.3) is 0 Å². The zero-order chi connectivity index (χ0) is 8.31. The molecule has 0 spiro atoms. The lowest BCUT2D eigenvalue weighted by Crippen LogP contribution is -1.73. The molecule has 0 radical (unpaired) electrons. The number of hydrogen-bond acceptors (Lipinski definition) is 0. The first kappa shape index (κ1) is 14.7. The Morgan fingerprint density at radius 2 is 0.727 bits per heavy atom. The Morgan fingerprint density at radius 3 is 0.818 bits per heavy atom. The molecule has 11 heavy (non-hydrogen) atoms. The van der Waals surface area contributed by atoms with E-state index in [4.69, 9.17) is 69.6 Å². The molecule has 0 aromatic heterocycles. The summed E-state index contributed by atoms with van der Waals surface area (Å²) in [4.78, 5) is 0. The summed E-state index contributed by atoms with van der Waals surface area (Å²) in [5, 5.41) is -0.130. The van der Waals surface area contributed by atoms with Gasteiger partial charge in [-0.05, 0) is 0 Å². The van der Waals surface area contributed by atoms with Gasteiger partial charge in [0.15, 0.2) is 0 Å². The fourth-order valence-corrected chi connectivity index (χ4v) is 0.926. The minimum Gasteiger partial charge on any atom is -0.269 e. The summed E-state index contributed by atoms with van der Waals surface area (Å²) in [7, 11) is 0. The van der Waals surface area contributed by atoms with Gasteiger partial charge < -0.3 is 0 Å². The van der Waals surface area contributed by atoms with Crippen LogP contribution >= 0.6 is 69.6 Å². The van der Waals surface area contributed by atoms with Crippen molar-refractivity contribution in [3.05, 3.63) is 19.0 Å². The van der Waals surface area contributed by atoms with Crippen LogP contribution in [0.5, 0.6) is 0 Å². The van der Waals surface area contributed by atoms with Crippen LogP contribution in [-0.2, 0) is 0 Å². The second kappa shape index (κ2) is 6.64. The molecule has 0 N–H and O–H groups in total. The molecule has 0 nitrogen and oxygen atoms in total. The third kappa shape index (κ3) is 5.40. The number of hydrogen-bond donors (Lipinski definition) is 0. The van der Waals surface area contributed by atoms with Crippen molar-refractivity contribution >= 4 is 69.6 Å². The summed E-state index contributed by atoms with van der Waals surface area (Å²) in [5.74, 6) is 0. The normalized spacial score (nSPS) is 8.18. The molecule has 66 valence electrons. The summed E-state index contributed by atoms with van der Waals surface area (Å²) >= 11 is 31.8. The third-order valence-corrected chi connectivity index (χ3v) is 2.52. The molecule has 0 unspecified atom stereocenters. The average molecular weight is 281 g/mol. The second-order valence-electron chi connectivity index (χ2n) is 1.15. The molecular formula is C4HCl6F. The quantitative estimate of drug-likeness (QED) is 0.599. The Morgan fingerprint density at radius 1 is 0.545 bits per heavy atom. The Labute approximate surface area is 93.0 Å². The lowest BCUT2D eigenvalue weighted by atomic mass is 10.6. The lowest BCUT2D eigenvalue weighted by molar-refractivity contribution is 1.11. The summed E-state index contributed by atoms with van der Waals surface area (Å²) in [6.45, 7) is 0. The first-order valence-electron chi connectivity index (χ1n) is 1.88. The molecule has 0 rings (SSSR count). The van der Waals surface area contributed by atoms with Crippen molar-refractivity contribution in [3.8, 4) is 0 Å². The van der Waals surface area contributed by atoms with Gasteiger partial charge in [-0.25, -0.2) is 0 Å². The first-order valence-corrected chi connectivity index (χ1v) is 4.15. The maximum atomic E-state index is 5.42. The first-order chi connectivity index (χ1) is 4.46. The number of rotatable bonds is 1. The highest BCUT2D eigenvalue weighted by molar-refractivity contribution is 6.65. The van der Waals surface area contributed by atoms with Crippen molar-refractivity contribution in [2.75, 3.05) is 0 Å². The van der Waals surface area contributed by atoms with Gasteiger partial charge in [-0.15, -0.1) is 0 Å². The number of halogens is 7. The maximum absolute atomic E-state index is 5.42. The van der Waals surface area contributed by atoms with Gasteiger partial charge in [0.05, 0.1) is 10.1 Å². The predicted octanol–water partition coefficient (Wildman–Crippen LogP) is 4.91. The van der Waals surface area contributed by atoms with Gasteiger partial charge in [-0.1, -0.05) is 69.6 Å². The van der Waals surface area contributed by atoms with E-state index >= 15 is 0 Å². The van der Waals surface area contributed by atoms with Gasteiger partial charge in [0.2, 0.25) is 0 Å². The molecule has 0 bridgehead atoms. The van der Waals surface area contributed by atoms with Crippen molar-refractivity contribution in [2.24, 2.45) is 0 Å². The lowest BCUT2D eigenvalue weighted by Gasteiger charge is -1.94. The van der Waals surface area contributed by atoms with Gasteiger partial charge >= 0.3 is 0 Å². The standard InChI is InChI=1S/C4Cl6.FH/c5-1(3(7)8)2(6)4(9)10;/h;1H. The monoisotopic (exact) mass is 278 g/mol. The minimum atomic E-state index is -0.175. The van der Waals surface area contributed by atoms with Gasteiger partial charge in [-0.2, -0.15) is 0 Å². The predicted molar refractivity (Wildman–Crippen MR) is 51.7 cm³/mol. The smallest absolute Gasteiger partial charge is 0.127 e. The molecule has 0 aliphatic heterocycles. The van der Waals surface area contributed by atoms with Crippen LogP contribution in [0.3, 0.4) is 0 Å². The largest absolute Gasteiger partial charge is 0.269 e. The van der Waals surface area contributed by atoms with Crippen LogP contribution in [0.15, 0.2) is 19.0 Å². The van der Waals surface area contributed by atoms with E-state index in [0.717, 1.165) is 0 Å². The van der Waals surface area contributed by atoms with E-state index in [9.17, 15) is 0 Å². The van der Waals surface area contributed by atoms with Crippen LogP contribution in [0, 0.1) is 0 Å². The van der Waals surface area contributed by atoms with Crippen molar-refractivity contribution < 1.29 is 4.70 Å². The molecule has 0 heterocycles. The molecule has 0 amide bonds. The summed E-state index contributed by atoms with van der Waals surface area (Å²) in [5.41, 5.74) is 0. The fourth-order valence-electron chi connectivity index (χ4n) is 0.166.